The van der Waals surface area contributed by atoms with Crippen molar-refractivity contribution in [2.75, 3.05) is 13.7 Å². The van der Waals surface area contributed by atoms with Crippen LogP contribution in [-0.4, -0.2) is 19.8 Å². The molecule has 0 saturated heterocycles. The van der Waals surface area contributed by atoms with Crippen LogP contribution in [0.15, 0.2) is 47.8 Å². The molecule has 0 aliphatic rings. The van der Waals surface area contributed by atoms with Crippen LogP contribution in [0, 0.1) is 0 Å². The van der Waals surface area contributed by atoms with Crippen molar-refractivity contribution in [1.82, 2.24) is 5.32 Å². The summed E-state index contributed by atoms with van der Waals surface area (Å²) in [7, 11) is 1.74. The standard InChI is InChI=1S/C15H19NOS/c1-12(11-17-2)16-15(14-9-6-10-18-14)13-7-4-3-5-8-13/h3-10,12,15-16H,11H2,1-2H3. The summed E-state index contributed by atoms with van der Waals surface area (Å²) in [5, 5.41) is 5.74. The van der Waals surface area contributed by atoms with E-state index in [9.17, 15) is 0 Å². The third-order valence-corrected chi connectivity index (χ3v) is 3.77. The molecule has 0 radical (unpaired) electrons. The van der Waals surface area contributed by atoms with E-state index in [4.69, 9.17) is 4.74 Å². The van der Waals surface area contributed by atoms with Gasteiger partial charge in [-0.1, -0.05) is 36.4 Å². The Labute approximate surface area is 113 Å². The number of hydrogen-bond donors (Lipinski definition) is 1. The molecule has 2 atom stereocenters. The fourth-order valence-corrected chi connectivity index (χ4v) is 2.84. The lowest BCUT2D eigenvalue weighted by molar-refractivity contribution is 0.169. The van der Waals surface area contributed by atoms with Gasteiger partial charge in [-0.25, -0.2) is 0 Å². The molecule has 1 N–H and O–H groups in total. The molecule has 18 heavy (non-hydrogen) atoms. The van der Waals surface area contributed by atoms with Gasteiger partial charge in [0.15, 0.2) is 0 Å². The lowest BCUT2D eigenvalue weighted by Gasteiger charge is -2.22. The van der Waals surface area contributed by atoms with Crippen molar-refractivity contribution in [3.05, 3.63) is 58.3 Å². The van der Waals surface area contributed by atoms with E-state index in [-0.39, 0.29) is 6.04 Å². The third-order valence-electron chi connectivity index (χ3n) is 2.83. The predicted molar refractivity (Wildman–Crippen MR) is 77.1 cm³/mol. The monoisotopic (exact) mass is 261 g/mol. The number of benzene rings is 1. The van der Waals surface area contributed by atoms with E-state index in [0.717, 1.165) is 0 Å². The second-order valence-corrected chi connectivity index (χ2v) is 5.36. The van der Waals surface area contributed by atoms with Gasteiger partial charge in [-0.3, -0.25) is 0 Å². The molecule has 2 aromatic rings. The Kier molecular flexibility index (Phi) is 4.93. The summed E-state index contributed by atoms with van der Waals surface area (Å²) in [5.41, 5.74) is 1.29. The second-order valence-electron chi connectivity index (χ2n) is 4.38. The Bertz CT molecular complexity index is 441. The van der Waals surface area contributed by atoms with E-state index in [2.05, 4.69) is 54.0 Å². The number of methoxy groups -OCH3 is 1. The van der Waals surface area contributed by atoms with E-state index < -0.39 is 0 Å². The summed E-state index contributed by atoms with van der Waals surface area (Å²) in [6.07, 6.45) is 0. The van der Waals surface area contributed by atoms with Gasteiger partial charge in [0.25, 0.3) is 0 Å². The lowest BCUT2D eigenvalue weighted by Crippen LogP contribution is -2.34. The molecule has 2 rings (SSSR count). The molecular formula is C15H19NOS. The summed E-state index contributed by atoms with van der Waals surface area (Å²) in [5.74, 6) is 0. The molecule has 96 valence electrons. The molecular weight excluding hydrogens is 242 g/mol. The topological polar surface area (TPSA) is 21.3 Å². The lowest BCUT2D eigenvalue weighted by atomic mass is 10.0. The summed E-state index contributed by atoms with van der Waals surface area (Å²) in [6, 6.07) is 15.4. The number of rotatable bonds is 6. The van der Waals surface area contributed by atoms with Crippen molar-refractivity contribution < 1.29 is 4.74 Å². The maximum atomic E-state index is 5.20. The van der Waals surface area contributed by atoms with Crippen LogP contribution in [-0.2, 0) is 4.74 Å². The van der Waals surface area contributed by atoms with Crippen molar-refractivity contribution in [1.29, 1.82) is 0 Å². The van der Waals surface area contributed by atoms with E-state index >= 15 is 0 Å². The molecule has 0 bridgehead atoms. The highest BCUT2D eigenvalue weighted by molar-refractivity contribution is 7.10. The Balaban J connectivity index is 2.19. The number of thiophene rings is 1. The van der Waals surface area contributed by atoms with Crippen molar-refractivity contribution in [2.24, 2.45) is 0 Å². The van der Waals surface area contributed by atoms with Gasteiger partial charge in [0.1, 0.15) is 0 Å². The summed E-state index contributed by atoms with van der Waals surface area (Å²) in [4.78, 5) is 1.34. The number of hydrogen-bond acceptors (Lipinski definition) is 3. The highest BCUT2D eigenvalue weighted by atomic mass is 32.1. The molecule has 0 spiro atoms. The molecule has 1 heterocycles. The highest BCUT2D eigenvalue weighted by Crippen LogP contribution is 2.26. The maximum absolute atomic E-state index is 5.20. The highest BCUT2D eigenvalue weighted by Gasteiger charge is 2.16. The van der Waals surface area contributed by atoms with Gasteiger partial charge in [0.05, 0.1) is 12.6 Å². The predicted octanol–water partition coefficient (Wildman–Crippen LogP) is 3.46. The van der Waals surface area contributed by atoms with Crippen LogP contribution in [0.1, 0.15) is 23.4 Å². The first-order valence-corrected chi connectivity index (χ1v) is 7.02. The van der Waals surface area contributed by atoms with E-state index in [1.807, 2.05) is 6.07 Å². The zero-order valence-corrected chi connectivity index (χ0v) is 11.6. The molecule has 0 aliphatic heterocycles. The van der Waals surface area contributed by atoms with Crippen LogP contribution in [0.4, 0.5) is 0 Å². The minimum Gasteiger partial charge on any atom is -0.383 e. The van der Waals surface area contributed by atoms with Crippen LogP contribution in [0.25, 0.3) is 0 Å². The van der Waals surface area contributed by atoms with Gasteiger partial charge >= 0.3 is 0 Å². The fourth-order valence-electron chi connectivity index (χ4n) is 2.03. The molecule has 0 fully saturated rings. The number of nitrogens with one attached hydrogen (secondary N) is 1. The molecule has 0 aliphatic carbocycles. The Hall–Kier alpha value is -1.16. The van der Waals surface area contributed by atoms with Gasteiger partial charge in [-0.2, -0.15) is 0 Å². The van der Waals surface area contributed by atoms with Crippen LogP contribution >= 0.6 is 11.3 Å². The molecule has 0 saturated carbocycles. The molecule has 1 aromatic heterocycles. The third kappa shape index (κ3) is 3.42. The van der Waals surface area contributed by atoms with Crippen molar-refractivity contribution in [3.8, 4) is 0 Å². The Morgan fingerprint density at radius 1 is 1.17 bits per heavy atom. The molecule has 1 aromatic carbocycles. The van der Waals surface area contributed by atoms with Gasteiger partial charge in [0, 0.05) is 18.0 Å². The molecule has 2 nitrogen and oxygen atoms in total. The first-order chi connectivity index (χ1) is 8.81. The fraction of sp³-hybridized carbons (Fsp3) is 0.333. The van der Waals surface area contributed by atoms with Gasteiger partial charge < -0.3 is 10.1 Å². The smallest absolute Gasteiger partial charge is 0.0673 e. The quantitative estimate of drug-likeness (QED) is 0.860. The van der Waals surface area contributed by atoms with Crippen LogP contribution in [0.3, 0.4) is 0 Å². The van der Waals surface area contributed by atoms with Crippen LogP contribution in [0.2, 0.25) is 0 Å². The second kappa shape index (κ2) is 6.69. The minimum absolute atomic E-state index is 0.247. The number of ether oxygens (including phenoxy) is 1. The Morgan fingerprint density at radius 2 is 1.94 bits per heavy atom. The Morgan fingerprint density at radius 3 is 2.56 bits per heavy atom. The summed E-state index contributed by atoms with van der Waals surface area (Å²) >= 11 is 1.78. The van der Waals surface area contributed by atoms with Gasteiger partial charge in [0.2, 0.25) is 0 Å². The van der Waals surface area contributed by atoms with Gasteiger partial charge in [-0.05, 0) is 23.9 Å². The first-order valence-electron chi connectivity index (χ1n) is 6.14. The average Bonchev–Trinajstić information content (AvgIpc) is 2.91. The summed E-state index contributed by atoms with van der Waals surface area (Å²) in [6.45, 7) is 2.86. The van der Waals surface area contributed by atoms with E-state index in [0.29, 0.717) is 12.6 Å². The van der Waals surface area contributed by atoms with Gasteiger partial charge in [-0.15, -0.1) is 11.3 Å². The zero-order chi connectivity index (χ0) is 12.8. The maximum Gasteiger partial charge on any atom is 0.0673 e. The van der Waals surface area contributed by atoms with Crippen molar-refractivity contribution in [3.63, 3.8) is 0 Å². The van der Waals surface area contributed by atoms with Crippen LogP contribution in [0.5, 0.6) is 0 Å². The minimum atomic E-state index is 0.247. The SMILES string of the molecule is COCC(C)NC(c1ccccc1)c1cccs1. The van der Waals surface area contributed by atoms with Crippen molar-refractivity contribution >= 4 is 11.3 Å². The summed E-state index contributed by atoms with van der Waals surface area (Å²) < 4.78 is 5.20. The molecule has 0 amide bonds. The average molecular weight is 261 g/mol. The molecule has 2 unspecified atom stereocenters. The van der Waals surface area contributed by atoms with Crippen LogP contribution < -0.4 is 5.32 Å². The van der Waals surface area contributed by atoms with Crippen molar-refractivity contribution in [2.45, 2.75) is 19.0 Å². The molecule has 3 heteroatoms. The van der Waals surface area contributed by atoms with E-state index in [1.54, 1.807) is 18.4 Å². The normalized spacial score (nSPS) is 14.3. The largest absolute Gasteiger partial charge is 0.383 e. The first kappa shape index (κ1) is 13.3. The zero-order valence-electron chi connectivity index (χ0n) is 10.8. The van der Waals surface area contributed by atoms with E-state index in [1.165, 1.54) is 10.4 Å².